The summed E-state index contributed by atoms with van der Waals surface area (Å²) in [5.74, 6) is -0.351. The zero-order valence-corrected chi connectivity index (χ0v) is 21.0. The number of carbonyl (C=O) groups excluding carboxylic acids is 2. The fourth-order valence-corrected chi connectivity index (χ4v) is 4.86. The van der Waals surface area contributed by atoms with Crippen LogP contribution in [0.5, 0.6) is 0 Å². The predicted molar refractivity (Wildman–Crippen MR) is 142 cm³/mol. The zero-order valence-electron chi connectivity index (χ0n) is 19.5. The number of para-hydroxylation sites is 1. The number of nitrogens with one attached hydrogen (secondary N) is 2. The van der Waals surface area contributed by atoms with Gasteiger partial charge in [-0.15, -0.1) is 0 Å². The molecule has 0 radical (unpaired) electrons. The van der Waals surface area contributed by atoms with E-state index < -0.39 is 0 Å². The van der Waals surface area contributed by atoms with Gasteiger partial charge >= 0.3 is 0 Å². The van der Waals surface area contributed by atoms with Gasteiger partial charge in [-0.1, -0.05) is 71.7 Å². The molecule has 3 aromatic rings. The second kappa shape index (κ2) is 12.2. The predicted octanol–water partition coefficient (Wildman–Crippen LogP) is 5.82. The van der Waals surface area contributed by atoms with Crippen molar-refractivity contribution in [1.29, 1.82) is 0 Å². The molecular weight excluding hydrogens is 481 g/mol. The number of hydrogen-bond donors (Lipinski definition) is 2. The van der Waals surface area contributed by atoms with Crippen LogP contribution < -0.4 is 10.6 Å². The maximum absolute atomic E-state index is 13.0. The number of amides is 2. The van der Waals surface area contributed by atoms with Crippen LogP contribution in [0.2, 0.25) is 10.0 Å². The minimum absolute atomic E-state index is 0.0510. The van der Waals surface area contributed by atoms with Gasteiger partial charge in [0.2, 0.25) is 5.91 Å². The van der Waals surface area contributed by atoms with Crippen molar-refractivity contribution in [3.63, 3.8) is 0 Å². The fourth-order valence-electron chi connectivity index (χ4n) is 4.35. The Morgan fingerprint density at radius 1 is 0.857 bits per heavy atom. The molecule has 1 fully saturated rings. The second-order valence-corrected chi connectivity index (χ2v) is 9.59. The van der Waals surface area contributed by atoms with Gasteiger partial charge in [-0.3, -0.25) is 14.5 Å². The van der Waals surface area contributed by atoms with E-state index >= 15 is 0 Å². The lowest BCUT2D eigenvalue weighted by Gasteiger charge is -2.31. The van der Waals surface area contributed by atoms with Gasteiger partial charge in [0.05, 0.1) is 11.3 Å². The van der Waals surface area contributed by atoms with Gasteiger partial charge in [0, 0.05) is 34.6 Å². The number of piperidine rings is 1. The topological polar surface area (TPSA) is 61.4 Å². The van der Waals surface area contributed by atoms with Crippen LogP contribution in [0.3, 0.4) is 0 Å². The lowest BCUT2D eigenvalue weighted by Crippen LogP contribution is -2.38. The Morgan fingerprint density at radius 3 is 2.23 bits per heavy atom. The highest BCUT2D eigenvalue weighted by atomic mass is 35.5. The molecule has 182 valence electrons. The number of nitrogens with zero attached hydrogens (tertiary/aromatic N) is 1. The van der Waals surface area contributed by atoms with Crippen molar-refractivity contribution in [2.24, 2.45) is 5.92 Å². The minimum atomic E-state index is -0.191. The van der Waals surface area contributed by atoms with Gasteiger partial charge in [0.25, 0.3) is 5.91 Å². The average molecular weight is 510 g/mol. The number of likely N-dealkylation sites (tertiary alicyclic amines) is 1. The first-order valence-electron chi connectivity index (χ1n) is 11.9. The van der Waals surface area contributed by atoms with Gasteiger partial charge in [-0.2, -0.15) is 0 Å². The van der Waals surface area contributed by atoms with Crippen molar-refractivity contribution in [2.45, 2.75) is 25.8 Å². The third-order valence-electron chi connectivity index (χ3n) is 6.37. The van der Waals surface area contributed by atoms with E-state index in [0.29, 0.717) is 34.4 Å². The molecule has 2 N–H and O–H groups in total. The van der Waals surface area contributed by atoms with Crippen LogP contribution in [-0.4, -0.2) is 36.3 Å². The molecule has 0 aromatic heterocycles. The minimum Gasteiger partial charge on any atom is -0.352 e. The molecule has 0 bridgehead atoms. The monoisotopic (exact) mass is 509 g/mol. The molecule has 2 amide bonds. The Morgan fingerprint density at radius 2 is 1.51 bits per heavy atom. The van der Waals surface area contributed by atoms with Crippen LogP contribution in [0.4, 0.5) is 5.69 Å². The number of benzene rings is 3. The molecule has 35 heavy (non-hydrogen) atoms. The normalized spacial score (nSPS) is 14.5. The van der Waals surface area contributed by atoms with Gasteiger partial charge in [0.1, 0.15) is 0 Å². The van der Waals surface area contributed by atoms with Crippen molar-refractivity contribution in [3.8, 4) is 0 Å². The van der Waals surface area contributed by atoms with Gasteiger partial charge in [0.15, 0.2) is 0 Å². The summed E-state index contributed by atoms with van der Waals surface area (Å²) >= 11 is 12.6. The number of carbonyl (C=O) groups is 2. The smallest absolute Gasteiger partial charge is 0.253 e. The summed E-state index contributed by atoms with van der Waals surface area (Å²) in [4.78, 5) is 28.1. The maximum Gasteiger partial charge on any atom is 0.253 e. The van der Waals surface area contributed by atoms with Crippen molar-refractivity contribution >= 4 is 40.7 Å². The summed E-state index contributed by atoms with van der Waals surface area (Å²) in [5, 5.41) is 7.28. The second-order valence-electron chi connectivity index (χ2n) is 8.78. The highest BCUT2D eigenvalue weighted by Gasteiger charge is 2.26. The Labute approximate surface area is 216 Å². The molecule has 0 spiro atoms. The van der Waals surface area contributed by atoms with Crippen molar-refractivity contribution < 1.29 is 9.59 Å². The molecular formula is C28H29Cl2N3O2. The Bertz CT molecular complexity index is 1140. The number of hydrogen-bond acceptors (Lipinski definition) is 3. The van der Waals surface area contributed by atoms with E-state index in [1.54, 1.807) is 18.2 Å². The Hall–Kier alpha value is -2.86. The molecule has 0 saturated carbocycles. The molecule has 5 nitrogen and oxygen atoms in total. The lowest BCUT2D eigenvalue weighted by molar-refractivity contribution is -0.121. The molecule has 1 aliphatic rings. The molecule has 1 aliphatic heterocycles. The summed E-state index contributed by atoms with van der Waals surface area (Å²) in [7, 11) is 0. The molecule has 7 heteroatoms. The maximum atomic E-state index is 13.0. The lowest BCUT2D eigenvalue weighted by atomic mass is 9.95. The van der Waals surface area contributed by atoms with Crippen LogP contribution in [0.1, 0.15) is 34.3 Å². The highest BCUT2D eigenvalue weighted by molar-refractivity contribution is 6.35. The zero-order chi connectivity index (χ0) is 24.6. The standard InChI is InChI=1S/C28H29Cl2N3O2/c29-24-10-6-11-25(30)23(24)19-33-17-14-21(15-18-33)27(34)32-26-12-5-4-9-22(26)28(35)31-16-13-20-7-2-1-3-8-20/h1-12,21H,13-19H2,(H,31,35)(H,32,34). The SMILES string of the molecule is O=C(NCCc1ccccc1)c1ccccc1NC(=O)C1CCN(Cc2c(Cl)cccc2Cl)CC1. The van der Waals surface area contributed by atoms with E-state index in [2.05, 4.69) is 15.5 Å². The van der Waals surface area contributed by atoms with Gasteiger partial charge in [-0.25, -0.2) is 0 Å². The van der Waals surface area contributed by atoms with E-state index in [1.807, 2.05) is 54.6 Å². The van der Waals surface area contributed by atoms with Crippen LogP contribution in [0.25, 0.3) is 0 Å². The van der Waals surface area contributed by atoms with Crippen LogP contribution in [0.15, 0.2) is 72.8 Å². The van der Waals surface area contributed by atoms with Crippen molar-refractivity contribution in [1.82, 2.24) is 10.2 Å². The quantitative estimate of drug-likeness (QED) is 0.402. The summed E-state index contributed by atoms with van der Waals surface area (Å²) in [6.07, 6.45) is 2.22. The summed E-state index contributed by atoms with van der Waals surface area (Å²) in [6.45, 7) is 2.75. The van der Waals surface area contributed by atoms with Crippen LogP contribution in [-0.2, 0) is 17.8 Å². The molecule has 0 atom stereocenters. The molecule has 3 aromatic carbocycles. The third kappa shape index (κ3) is 6.85. The number of anilines is 1. The number of rotatable bonds is 8. The molecule has 0 aliphatic carbocycles. The molecule has 1 saturated heterocycles. The van der Waals surface area contributed by atoms with E-state index in [-0.39, 0.29) is 17.7 Å². The van der Waals surface area contributed by atoms with E-state index in [0.717, 1.165) is 43.5 Å². The van der Waals surface area contributed by atoms with Gasteiger partial charge < -0.3 is 10.6 Å². The van der Waals surface area contributed by atoms with E-state index in [1.165, 1.54) is 0 Å². The van der Waals surface area contributed by atoms with Gasteiger partial charge in [-0.05, 0) is 62.2 Å². The summed E-state index contributed by atoms with van der Waals surface area (Å²) < 4.78 is 0. The van der Waals surface area contributed by atoms with Crippen molar-refractivity contribution in [2.75, 3.05) is 25.0 Å². The fraction of sp³-hybridized carbons (Fsp3) is 0.286. The van der Waals surface area contributed by atoms with Crippen molar-refractivity contribution in [3.05, 3.63) is 99.5 Å². The first-order chi connectivity index (χ1) is 17.0. The number of halogens is 2. The first kappa shape index (κ1) is 25.2. The van der Waals surface area contributed by atoms with Crippen LogP contribution in [0, 0.1) is 5.92 Å². The average Bonchev–Trinajstić information content (AvgIpc) is 2.87. The molecule has 0 unspecified atom stereocenters. The third-order valence-corrected chi connectivity index (χ3v) is 7.08. The van der Waals surface area contributed by atoms with E-state index in [9.17, 15) is 9.59 Å². The van der Waals surface area contributed by atoms with E-state index in [4.69, 9.17) is 23.2 Å². The Kier molecular flexibility index (Phi) is 8.80. The summed E-state index contributed by atoms with van der Waals surface area (Å²) in [6, 6.07) is 22.7. The molecule has 1 heterocycles. The Balaban J connectivity index is 1.29. The largest absolute Gasteiger partial charge is 0.352 e. The molecule has 4 rings (SSSR count). The van der Waals surface area contributed by atoms with Crippen LogP contribution >= 0.6 is 23.2 Å². The summed E-state index contributed by atoms with van der Waals surface area (Å²) in [5.41, 5.74) is 3.10. The highest BCUT2D eigenvalue weighted by Crippen LogP contribution is 2.28. The first-order valence-corrected chi connectivity index (χ1v) is 12.6.